The van der Waals surface area contributed by atoms with Crippen molar-refractivity contribution in [3.63, 3.8) is 0 Å². The second kappa shape index (κ2) is 12.0. The molecule has 2 heterocycles. The minimum Gasteiger partial charge on any atom is -0.490 e. The Morgan fingerprint density at radius 1 is 1.12 bits per heavy atom. The number of hydrogen-bond acceptors (Lipinski definition) is 8. The molecule has 1 aromatic heterocycles. The molecule has 180 valence electrons. The Labute approximate surface area is 200 Å². The third kappa shape index (κ3) is 5.82. The van der Waals surface area contributed by atoms with E-state index in [9.17, 15) is 4.79 Å². The molecule has 9 heteroatoms. The molecule has 0 bridgehead atoms. The van der Waals surface area contributed by atoms with Crippen LogP contribution in [0.1, 0.15) is 65.5 Å². The van der Waals surface area contributed by atoms with Gasteiger partial charge in [0.2, 0.25) is 11.1 Å². The molecule has 3 rings (SSSR count). The van der Waals surface area contributed by atoms with Crippen LogP contribution in [0.4, 0.5) is 5.95 Å². The van der Waals surface area contributed by atoms with E-state index < -0.39 is 6.04 Å². The first-order chi connectivity index (χ1) is 16.0. The van der Waals surface area contributed by atoms with Crippen molar-refractivity contribution in [1.82, 2.24) is 14.8 Å². The highest BCUT2D eigenvalue weighted by atomic mass is 32.2. The lowest BCUT2D eigenvalue weighted by Crippen LogP contribution is -2.29. The van der Waals surface area contributed by atoms with Crippen molar-refractivity contribution in [2.24, 2.45) is 0 Å². The molecular formula is C24H34N4O4S. The lowest BCUT2D eigenvalue weighted by Gasteiger charge is -2.28. The molecule has 1 aliphatic rings. The molecule has 1 aliphatic heterocycles. The molecule has 1 N–H and O–H groups in total. The smallest absolute Gasteiger partial charge is 0.338 e. The minimum absolute atomic E-state index is 0.359. The number of benzene rings is 1. The van der Waals surface area contributed by atoms with E-state index in [0.29, 0.717) is 53.7 Å². The van der Waals surface area contributed by atoms with Gasteiger partial charge in [0.25, 0.3) is 0 Å². The summed E-state index contributed by atoms with van der Waals surface area (Å²) in [5.74, 6) is 2.43. The Hall–Kier alpha value is -2.68. The van der Waals surface area contributed by atoms with E-state index in [1.807, 2.05) is 39.0 Å². The van der Waals surface area contributed by atoms with E-state index in [0.717, 1.165) is 30.6 Å². The predicted octanol–water partition coefficient (Wildman–Crippen LogP) is 5.21. The fraction of sp³-hybridized carbons (Fsp3) is 0.542. The van der Waals surface area contributed by atoms with Crippen LogP contribution in [0.25, 0.3) is 0 Å². The molecule has 8 nitrogen and oxygen atoms in total. The third-order valence-corrected chi connectivity index (χ3v) is 5.82. The number of esters is 1. The van der Waals surface area contributed by atoms with Crippen LogP contribution in [-0.2, 0) is 9.53 Å². The summed E-state index contributed by atoms with van der Waals surface area (Å²) in [6.07, 6.45) is 2.77. The number of allylic oxidation sites excluding steroid dienone is 1. The number of rotatable bonds is 12. The number of carbonyl (C=O) groups excluding carboxylic acids is 1. The number of carbonyl (C=O) groups is 1. The summed E-state index contributed by atoms with van der Waals surface area (Å²) >= 11 is 1.55. The minimum atomic E-state index is -0.492. The number of nitrogens with zero attached hydrogens (tertiary/aromatic N) is 3. The highest BCUT2D eigenvalue weighted by Gasteiger charge is 2.35. The van der Waals surface area contributed by atoms with Crippen LogP contribution in [0.15, 0.2) is 34.6 Å². The van der Waals surface area contributed by atoms with Crippen LogP contribution < -0.4 is 14.8 Å². The van der Waals surface area contributed by atoms with Crippen molar-refractivity contribution in [3.05, 3.63) is 35.0 Å². The number of anilines is 1. The van der Waals surface area contributed by atoms with Gasteiger partial charge in [0, 0.05) is 5.70 Å². The predicted molar refractivity (Wildman–Crippen MR) is 130 cm³/mol. The van der Waals surface area contributed by atoms with Crippen LogP contribution in [0, 0.1) is 0 Å². The number of fused-ring (bicyclic) bond motifs is 1. The first-order valence-electron chi connectivity index (χ1n) is 11.7. The van der Waals surface area contributed by atoms with Crippen molar-refractivity contribution in [2.45, 2.75) is 65.1 Å². The molecular weight excluding hydrogens is 440 g/mol. The van der Waals surface area contributed by atoms with Crippen molar-refractivity contribution in [3.8, 4) is 11.5 Å². The SMILES string of the molecule is CCCCOc1ccc(C2C(C(=O)OCCC)=C(C)Nc3nc(SCC)nn32)cc1OCC. The molecule has 1 unspecified atom stereocenters. The standard InChI is InChI=1S/C24H34N4O4S/c1-6-10-14-31-18-12-11-17(15-19(18)30-8-3)21-20(22(29)32-13-7-2)16(5)25-23-26-24(33-9-4)27-28(21)23/h11-12,15,21H,6-10,13-14H2,1-5H3,(H,25,26,27). The van der Waals surface area contributed by atoms with Gasteiger partial charge < -0.3 is 19.5 Å². The Morgan fingerprint density at radius 3 is 2.64 bits per heavy atom. The van der Waals surface area contributed by atoms with E-state index in [-0.39, 0.29) is 5.97 Å². The third-order valence-electron chi connectivity index (χ3n) is 5.10. The highest BCUT2D eigenvalue weighted by molar-refractivity contribution is 7.99. The van der Waals surface area contributed by atoms with E-state index in [2.05, 4.69) is 24.1 Å². The van der Waals surface area contributed by atoms with Gasteiger partial charge in [-0.25, -0.2) is 9.48 Å². The zero-order valence-corrected chi connectivity index (χ0v) is 21.0. The molecule has 0 aliphatic carbocycles. The Bertz CT molecular complexity index is 989. The van der Waals surface area contributed by atoms with Gasteiger partial charge in [-0.15, -0.1) is 5.10 Å². The molecule has 1 atom stereocenters. The number of nitrogens with one attached hydrogen (secondary N) is 1. The van der Waals surface area contributed by atoms with Crippen LogP contribution in [0.3, 0.4) is 0 Å². The van der Waals surface area contributed by atoms with Gasteiger partial charge in [-0.2, -0.15) is 4.98 Å². The fourth-order valence-corrected chi connectivity index (χ4v) is 4.13. The summed E-state index contributed by atoms with van der Waals surface area (Å²) in [4.78, 5) is 17.7. The summed E-state index contributed by atoms with van der Waals surface area (Å²) in [5, 5.41) is 8.58. The van der Waals surface area contributed by atoms with Gasteiger partial charge in [-0.3, -0.25) is 0 Å². The number of unbranched alkanes of at least 4 members (excludes halogenated alkanes) is 1. The van der Waals surface area contributed by atoms with Crippen molar-refractivity contribution >= 4 is 23.7 Å². The molecule has 0 saturated carbocycles. The second-order valence-corrected chi connectivity index (χ2v) is 8.87. The number of ether oxygens (including phenoxy) is 3. The van der Waals surface area contributed by atoms with Crippen molar-refractivity contribution < 1.29 is 19.0 Å². The molecule has 0 radical (unpaired) electrons. The van der Waals surface area contributed by atoms with Crippen LogP contribution in [0.2, 0.25) is 0 Å². The lowest BCUT2D eigenvalue weighted by atomic mass is 9.95. The summed E-state index contributed by atoms with van der Waals surface area (Å²) in [5.41, 5.74) is 2.07. The fourth-order valence-electron chi connectivity index (χ4n) is 3.58. The lowest BCUT2D eigenvalue weighted by molar-refractivity contribution is -0.139. The maximum atomic E-state index is 13.1. The first-order valence-corrected chi connectivity index (χ1v) is 12.7. The first kappa shape index (κ1) is 25.0. The highest BCUT2D eigenvalue weighted by Crippen LogP contribution is 2.40. The number of thioether (sulfide) groups is 1. The average Bonchev–Trinajstić information content (AvgIpc) is 3.20. The zero-order valence-electron chi connectivity index (χ0n) is 20.1. The van der Waals surface area contributed by atoms with E-state index >= 15 is 0 Å². The van der Waals surface area contributed by atoms with E-state index in [1.165, 1.54) is 0 Å². The normalized spacial score (nSPS) is 15.1. The average molecular weight is 475 g/mol. The summed E-state index contributed by atoms with van der Waals surface area (Å²) in [6.45, 7) is 11.5. The number of hydrogen-bond donors (Lipinski definition) is 1. The topological polar surface area (TPSA) is 87.5 Å². The largest absolute Gasteiger partial charge is 0.490 e. The van der Waals surface area contributed by atoms with Gasteiger partial charge in [-0.1, -0.05) is 45.0 Å². The van der Waals surface area contributed by atoms with E-state index in [1.54, 1.807) is 16.4 Å². The van der Waals surface area contributed by atoms with Crippen LogP contribution >= 0.6 is 11.8 Å². The van der Waals surface area contributed by atoms with Gasteiger partial charge in [0.1, 0.15) is 6.04 Å². The van der Waals surface area contributed by atoms with Gasteiger partial charge in [-0.05, 0) is 50.1 Å². The van der Waals surface area contributed by atoms with Gasteiger partial charge in [0.15, 0.2) is 11.5 Å². The van der Waals surface area contributed by atoms with Crippen LogP contribution in [0.5, 0.6) is 11.5 Å². The molecule has 0 spiro atoms. The van der Waals surface area contributed by atoms with Gasteiger partial charge >= 0.3 is 5.97 Å². The Balaban J connectivity index is 2.07. The van der Waals surface area contributed by atoms with E-state index in [4.69, 9.17) is 19.3 Å². The Morgan fingerprint density at radius 2 is 1.94 bits per heavy atom. The molecule has 0 amide bonds. The molecule has 33 heavy (non-hydrogen) atoms. The summed E-state index contributed by atoms with van der Waals surface area (Å²) < 4.78 is 19.1. The quantitative estimate of drug-likeness (QED) is 0.255. The Kier molecular flexibility index (Phi) is 9.05. The van der Waals surface area contributed by atoms with Gasteiger partial charge in [0.05, 0.1) is 25.4 Å². The molecule has 2 aromatic rings. The second-order valence-electron chi connectivity index (χ2n) is 7.64. The zero-order chi connectivity index (χ0) is 23.8. The number of aromatic nitrogens is 3. The summed E-state index contributed by atoms with van der Waals surface area (Å²) in [6, 6.07) is 5.30. The van der Waals surface area contributed by atoms with Crippen molar-refractivity contribution in [2.75, 3.05) is 30.9 Å². The molecule has 0 saturated heterocycles. The maximum absolute atomic E-state index is 13.1. The maximum Gasteiger partial charge on any atom is 0.338 e. The van der Waals surface area contributed by atoms with Crippen molar-refractivity contribution in [1.29, 1.82) is 0 Å². The summed E-state index contributed by atoms with van der Waals surface area (Å²) in [7, 11) is 0. The molecule has 0 fully saturated rings. The monoisotopic (exact) mass is 474 g/mol. The molecule has 1 aromatic carbocycles. The van der Waals surface area contributed by atoms with Crippen LogP contribution in [-0.4, -0.2) is 46.3 Å².